The number of hydrogen-bond donors (Lipinski definition) is 1. The Bertz CT molecular complexity index is 1100. The van der Waals surface area contributed by atoms with Crippen molar-refractivity contribution in [1.29, 1.82) is 0 Å². The fraction of sp³-hybridized carbons (Fsp3) is 0.0870. The number of rotatable bonds is 6. The maximum atomic E-state index is 12.9. The van der Waals surface area contributed by atoms with E-state index in [0.29, 0.717) is 0 Å². The average molecular weight is 389 g/mol. The number of fused-ring (bicyclic) bond motifs is 1. The molecule has 1 heterocycles. The van der Waals surface area contributed by atoms with Gasteiger partial charge in [0.25, 0.3) is 0 Å². The third kappa shape index (κ3) is 4.47. The molecule has 1 aromatic carbocycles. The van der Waals surface area contributed by atoms with E-state index in [1.165, 1.54) is 33.9 Å². The van der Waals surface area contributed by atoms with Crippen molar-refractivity contribution in [2.24, 2.45) is 0 Å². The molecule has 0 amide bonds. The highest BCUT2D eigenvalue weighted by molar-refractivity contribution is 6.37. The van der Waals surface area contributed by atoms with E-state index in [1.807, 2.05) is 0 Å². The third-order valence-corrected chi connectivity index (χ3v) is 4.43. The SMILES string of the molecule is C#Cc1ccn(Cc2ccc(F)cc2)c1C(=O)CC(=O)C(=O)O.c1cc2ccc1-2. The molecule has 144 valence electrons. The van der Waals surface area contributed by atoms with Gasteiger partial charge in [-0.25, -0.2) is 9.18 Å². The first-order chi connectivity index (χ1) is 13.9. The van der Waals surface area contributed by atoms with Crippen LogP contribution in [0.5, 0.6) is 0 Å². The molecule has 1 N–H and O–H groups in total. The van der Waals surface area contributed by atoms with Gasteiger partial charge in [-0.1, -0.05) is 42.3 Å². The molecule has 0 atom stereocenters. The van der Waals surface area contributed by atoms with Crippen LogP contribution in [-0.2, 0) is 16.1 Å². The van der Waals surface area contributed by atoms with Crippen LogP contribution in [0.25, 0.3) is 11.1 Å². The Hall–Kier alpha value is -3.98. The number of nitrogens with zero attached hydrogens (tertiary/aromatic N) is 1. The maximum Gasteiger partial charge on any atom is 0.372 e. The first-order valence-electron chi connectivity index (χ1n) is 8.69. The highest BCUT2D eigenvalue weighted by Gasteiger charge is 2.22. The average Bonchev–Trinajstić information content (AvgIpc) is 3.09. The smallest absolute Gasteiger partial charge is 0.372 e. The van der Waals surface area contributed by atoms with Gasteiger partial charge in [0, 0.05) is 12.7 Å². The second-order valence-corrected chi connectivity index (χ2v) is 6.38. The normalized spacial score (nSPS) is 10.3. The van der Waals surface area contributed by atoms with Crippen molar-refractivity contribution < 1.29 is 23.9 Å². The minimum Gasteiger partial charge on any atom is -0.475 e. The van der Waals surface area contributed by atoms with Crippen molar-refractivity contribution in [2.75, 3.05) is 0 Å². The number of halogens is 1. The van der Waals surface area contributed by atoms with Crippen LogP contribution in [-0.4, -0.2) is 27.2 Å². The number of carboxylic acids is 1. The molecule has 5 nitrogen and oxygen atoms in total. The number of carboxylic acid groups (broad SMARTS) is 1. The summed E-state index contributed by atoms with van der Waals surface area (Å²) in [7, 11) is 0. The summed E-state index contributed by atoms with van der Waals surface area (Å²) in [5, 5.41) is 8.60. The molecule has 0 saturated carbocycles. The minimum absolute atomic E-state index is 0.0893. The number of terminal acetylenes is 1. The summed E-state index contributed by atoms with van der Waals surface area (Å²) in [4.78, 5) is 34.0. The monoisotopic (exact) mass is 389 g/mol. The molecule has 2 aliphatic rings. The van der Waals surface area contributed by atoms with Crippen LogP contribution in [0.4, 0.5) is 4.39 Å². The van der Waals surface area contributed by atoms with Crippen LogP contribution < -0.4 is 0 Å². The number of carbonyl (C=O) groups is 3. The lowest BCUT2D eigenvalue weighted by Gasteiger charge is -2.10. The van der Waals surface area contributed by atoms with E-state index in [-0.39, 0.29) is 23.6 Å². The fourth-order valence-electron chi connectivity index (χ4n) is 2.79. The van der Waals surface area contributed by atoms with Crippen LogP contribution >= 0.6 is 0 Å². The summed E-state index contributed by atoms with van der Waals surface area (Å²) in [5.41, 5.74) is 3.94. The van der Waals surface area contributed by atoms with Gasteiger partial charge in [0.1, 0.15) is 11.5 Å². The molecular weight excluding hydrogens is 373 g/mol. The molecule has 2 aliphatic carbocycles. The number of hydrogen-bond acceptors (Lipinski definition) is 3. The molecule has 0 aliphatic heterocycles. The molecule has 0 spiro atoms. The standard InChI is InChI=1S/C17H12FNO4.C6H4/c1-2-12-7-8-19(10-11-3-5-13(18)6-4-11)16(12)14(20)9-15(21)17(22)23;1-2-6-4-3-5(1)6/h1,3-8H,9-10H2,(H,22,23);1-4H. The van der Waals surface area contributed by atoms with Crippen LogP contribution in [0, 0.1) is 18.2 Å². The van der Waals surface area contributed by atoms with E-state index in [9.17, 15) is 18.8 Å². The molecule has 0 bridgehead atoms. The summed E-state index contributed by atoms with van der Waals surface area (Å²) in [6, 6.07) is 15.7. The van der Waals surface area contributed by atoms with Crippen LogP contribution in [0.2, 0.25) is 0 Å². The first kappa shape index (κ1) is 19.8. The predicted molar refractivity (Wildman–Crippen MR) is 105 cm³/mol. The second kappa shape index (κ2) is 8.36. The van der Waals surface area contributed by atoms with E-state index < -0.39 is 24.0 Å². The van der Waals surface area contributed by atoms with Gasteiger partial charge in [0.05, 0.1) is 12.0 Å². The Morgan fingerprint density at radius 2 is 1.55 bits per heavy atom. The van der Waals surface area contributed by atoms with E-state index in [4.69, 9.17) is 11.5 Å². The Labute approximate surface area is 166 Å². The predicted octanol–water partition coefficient (Wildman–Crippen LogP) is 3.55. The minimum atomic E-state index is -1.67. The Kier molecular flexibility index (Phi) is 5.70. The molecule has 1 aromatic heterocycles. The van der Waals surface area contributed by atoms with Crippen molar-refractivity contribution >= 4 is 17.5 Å². The van der Waals surface area contributed by atoms with Gasteiger partial charge in [-0.05, 0) is 34.9 Å². The molecule has 6 heteroatoms. The van der Waals surface area contributed by atoms with Crippen LogP contribution in [0.15, 0.2) is 60.8 Å². The van der Waals surface area contributed by atoms with Gasteiger partial charge in [-0.2, -0.15) is 0 Å². The maximum absolute atomic E-state index is 12.9. The van der Waals surface area contributed by atoms with Gasteiger partial charge in [0.15, 0.2) is 5.78 Å². The van der Waals surface area contributed by atoms with Crippen molar-refractivity contribution in [3.05, 3.63) is 83.4 Å². The van der Waals surface area contributed by atoms with Crippen LogP contribution in [0.1, 0.15) is 28.0 Å². The lowest BCUT2D eigenvalue weighted by atomic mass is 9.95. The molecule has 0 unspecified atom stereocenters. The lowest BCUT2D eigenvalue weighted by molar-refractivity contribution is -0.148. The zero-order valence-corrected chi connectivity index (χ0v) is 15.3. The van der Waals surface area contributed by atoms with Gasteiger partial charge >= 0.3 is 5.97 Å². The Balaban J connectivity index is 0.000000334. The number of carbonyl (C=O) groups excluding carboxylic acids is 2. The number of aliphatic carboxylic acids is 1. The fourth-order valence-corrected chi connectivity index (χ4v) is 2.79. The summed E-state index contributed by atoms with van der Waals surface area (Å²) in [6.07, 6.45) is 6.14. The van der Waals surface area contributed by atoms with Gasteiger partial charge < -0.3 is 9.67 Å². The number of Topliss-reactive ketones (excluding diaryl/α,β-unsaturated/α-hetero) is 2. The summed E-state index contributed by atoms with van der Waals surface area (Å²) < 4.78 is 14.4. The zero-order valence-electron chi connectivity index (χ0n) is 15.3. The molecule has 2 aromatic rings. The van der Waals surface area contributed by atoms with E-state index in [2.05, 4.69) is 30.2 Å². The van der Waals surface area contributed by atoms with Crippen molar-refractivity contribution in [3.63, 3.8) is 0 Å². The van der Waals surface area contributed by atoms with Crippen molar-refractivity contribution in [2.45, 2.75) is 13.0 Å². The number of ketones is 2. The molecule has 0 fully saturated rings. The van der Waals surface area contributed by atoms with Crippen molar-refractivity contribution in [1.82, 2.24) is 4.57 Å². The molecule has 4 rings (SSSR count). The second-order valence-electron chi connectivity index (χ2n) is 6.38. The lowest BCUT2D eigenvalue weighted by Crippen LogP contribution is -2.20. The highest BCUT2D eigenvalue weighted by atomic mass is 19.1. The third-order valence-electron chi connectivity index (χ3n) is 4.43. The van der Waals surface area contributed by atoms with E-state index in [1.54, 1.807) is 18.3 Å². The molecule has 29 heavy (non-hydrogen) atoms. The first-order valence-corrected chi connectivity index (χ1v) is 8.69. The quantitative estimate of drug-likeness (QED) is 0.237. The zero-order chi connectivity index (χ0) is 21.0. The topological polar surface area (TPSA) is 76.4 Å². The highest BCUT2D eigenvalue weighted by Crippen LogP contribution is 2.29. The largest absolute Gasteiger partial charge is 0.475 e. The van der Waals surface area contributed by atoms with E-state index in [0.717, 1.165) is 5.56 Å². The molecule has 0 saturated heterocycles. The Morgan fingerprint density at radius 1 is 0.966 bits per heavy atom. The summed E-state index contributed by atoms with van der Waals surface area (Å²) >= 11 is 0. The summed E-state index contributed by atoms with van der Waals surface area (Å²) in [5.74, 6) is -1.59. The molecular formula is C23H16FNO4. The number of aromatic nitrogens is 1. The van der Waals surface area contributed by atoms with Crippen LogP contribution in [0.3, 0.4) is 0 Å². The van der Waals surface area contributed by atoms with Gasteiger partial charge in [-0.3, -0.25) is 9.59 Å². The van der Waals surface area contributed by atoms with Gasteiger partial charge in [-0.15, -0.1) is 6.42 Å². The van der Waals surface area contributed by atoms with Crippen molar-refractivity contribution in [3.8, 4) is 23.5 Å². The Morgan fingerprint density at radius 3 is 2.00 bits per heavy atom. The van der Waals surface area contributed by atoms with Gasteiger partial charge in [0.2, 0.25) is 5.78 Å². The molecule has 0 radical (unpaired) electrons. The summed E-state index contributed by atoms with van der Waals surface area (Å²) in [6.45, 7) is 0.240. The van der Waals surface area contributed by atoms with E-state index >= 15 is 0 Å². The number of benzene rings is 2.